The SMILES string of the molecule is N#C/C=C/[C@H]1CC[C@H](OC[C@H]2CC[C@H](c3ccc(F)c(F)c3)CC2)CC1. The number of nitriles is 1. The molecular weight excluding hydrogens is 332 g/mol. The molecule has 26 heavy (non-hydrogen) atoms. The summed E-state index contributed by atoms with van der Waals surface area (Å²) in [6, 6.07) is 6.38. The van der Waals surface area contributed by atoms with Crippen molar-refractivity contribution < 1.29 is 13.5 Å². The van der Waals surface area contributed by atoms with E-state index in [1.54, 1.807) is 12.1 Å². The summed E-state index contributed by atoms with van der Waals surface area (Å²) >= 11 is 0. The van der Waals surface area contributed by atoms with E-state index >= 15 is 0 Å². The van der Waals surface area contributed by atoms with Crippen LogP contribution in [-0.4, -0.2) is 12.7 Å². The molecule has 0 radical (unpaired) electrons. The molecule has 0 unspecified atom stereocenters. The minimum Gasteiger partial charge on any atom is -0.378 e. The molecule has 2 saturated carbocycles. The van der Waals surface area contributed by atoms with Gasteiger partial charge in [-0.15, -0.1) is 0 Å². The minimum absolute atomic E-state index is 0.337. The molecule has 0 atom stereocenters. The number of halogens is 2. The lowest BCUT2D eigenvalue weighted by Gasteiger charge is -2.32. The van der Waals surface area contributed by atoms with Gasteiger partial charge in [-0.3, -0.25) is 0 Å². The lowest BCUT2D eigenvalue weighted by Crippen LogP contribution is -2.25. The summed E-state index contributed by atoms with van der Waals surface area (Å²) in [6.07, 6.45) is 12.5. The normalized spacial score (nSPS) is 29.6. The van der Waals surface area contributed by atoms with Crippen molar-refractivity contribution in [3.05, 3.63) is 47.5 Å². The van der Waals surface area contributed by atoms with Gasteiger partial charge in [-0.25, -0.2) is 8.78 Å². The van der Waals surface area contributed by atoms with Crippen LogP contribution in [-0.2, 0) is 4.74 Å². The van der Waals surface area contributed by atoms with Crippen LogP contribution in [0.1, 0.15) is 62.8 Å². The van der Waals surface area contributed by atoms with Crippen LogP contribution >= 0.6 is 0 Å². The molecule has 0 saturated heterocycles. The Hall–Kier alpha value is -1.73. The van der Waals surface area contributed by atoms with Gasteiger partial charge in [-0.1, -0.05) is 12.1 Å². The zero-order valence-corrected chi connectivity index (χ0v) is 15.2. The van der Waals surface area contributed by atoms with Crippen LogP contribution in [0.4, 0.5) is 8.78 Å². The van der Waals surface area contributed by atoms with Crippen molar-refractivity contribution in [2.24, 2.45) is 11.8 Å². The Morgan fingerprint density at radius 1 is 1.00 bits per heavy atom. The Balaban J connectivity index is 1.38. The third kappa shape index (κ3) is 5.14. The van der Waals surface area contributed by atoms with E-state index < -0.39 is 11.6 Å². The first-order valence-electron chi connectivity index (χ1n) is 9.78. The Bertz CT molecular complexity index is 651. The third-order valence-corrected chi connectivity index (χ3v) is 5.99. The number of ether oxygens (including phenoxy) is 1. The van der Waals surface area contributed by atoms with Crippen molar-refractivity contribution >= 4 is 0 Å². The summed E-state index contributed by atoms with van der Waals surface area (Å²) in [5, 5.41) is 8.60. The highest BCUT2D eigenvalue weighted by Crippen LogP contribution is 2.37. The maximum Gasteiger partial charge on any atom is 0.159 e. The molecule has 0 aliphatic heterocycles. The molecule has 2 nitrogen and oxygen atoms in total. The van der Waals surface area contributed by atoms with E-state index in [9.17, 15) is 8.78 Å². The van der Waals surface area contributed by atoms with Crippen LogP contribution < -0.4 is 0 Å². The standard InChI is InChI=1S/C22H27F2NO/c23-21-12-9-19(14-22(21)24)18-7-3-17(4-8-18)15-26-20-10-5-16(6-11-20)2-1-13-25/h1-2,9,12,14,16-18,20H,3-8,10-11,15H2/b2-1+/t16-,17-,18-,20-. The minimum atomic E-state index is -0.770. The fourth-order valence-corrected chi connectivity index (χ4v) is 4.33. The molecule has 0 amide bonds. The summed E-state index contributed by atoms with van der Waals surface area (Å²) in [6.45, 7) is 0.813. The van der Waals surface area contributed by atoms with Gasteiger partial charge < -0.3 is 4.74 Å². The molecule has 2 aliphatic rings. The predicted molar refractivity (Wildman–Crippen MR) is 97.5 cm³/mol. The highest BCUT2D eigenvalue weighted by molar-refractivity contribution is 5.22. The van der Waals surface area contributed by atoms with Crippen molar-refractivity contribution in [3.63, 3.8) is 0 Å². The van der Waals surface area contributed by atoms with Crippen molar-refractivity contribution in [2.45, 2.75) is 63.4 Å². The molecule has 2 aliphatic carbocycles. The van der Waals surface area contributed by atoms with Crippen molar-refractivity contribution in [3.8, 4) is 6.07 Å². The Kier molecular flexibility index (Phi) is 6.80. The van der Waals surface area contributed by atoms with Crippen LogP contribution in [0.25, 0.3) is 0 Å². The number of nitrogens with zero attached hydrogens (tertiary/aromatic N) is 1. The lowest BCUT2D eigenvalue weighted by atomic mass is 9.79. The molecule has 3 rings (SSSR count). The summed E-state index contributed by atoms with van der Waals surface area (Å²) < 4.78 is 32.7. The van der Waals surface area contributed by atoms with Gasteiger partial charge in [0.1, 0.15) is 0 Å². The quantitative estimate of drug-likeness (QED) is 0.614. The molecule has 0 N–H and O–H groups in total. The fraction of sp³-hybridized carbons (Fsp3) is 0.591. The van der Waals surface area contributed by atoms with Gasteiger partial charge >= 0.3 is 0 Å². The molecule has 0 heterocycles. The summed E-state index contributed by atoms with van der Waals surface area (Å²) in [5.74, 6) is -0.0700. The van der Waals surface area contributed by atoms with Gasteiger partial charge in [0.15, 0.2) is 11.6 Å². The summed E-state index contributed by atoms with van der Waals surface area (Å²) in [4.78, 5) is 0. The highest BCUT2D eigenvalue weighted by Gasteiger charge is 2.25. The number of hydrogen-bond donors (Lipinski definition) is 0. The number of hydrogen-bond acceptors (Lipinski definition) is 2. The van der Waals surface area contributed by atoms with Crippen LogP contribution in [0, 0.1) is 34.8 Å². The maximum absolute atomic E-state index is 13.4. The van der Waals surface area contributed by atoms with Crippen LogP contribution in [0.5, 0.6) is 0 Å². The lowest BCUT2D eigenvalue weighted by molar-refractivity contribution is -0.00456. The van der Waals surface area contributed by atoms with Crippen molar-refractivity contribution in [2.75, 3.05) is 6.61 Å². The zero-order valence-electron chi connectivity index (χ0n) is 15.2. The topological polar surface area (TPSA) is 33.0 Å². The molecule has 4 heteroatoms. The average Bonchev–Trinajstić information content (AvgIpc) is 2.68. The third-order valence-electron chi connectivity index (χ3n) is 5.99. The average molecular weight is 359 g/mol. The van der Waals surface area contributed by atoms with E-state index in [0.717, 1.165) is 63.5 Å². The number of rotatable bonds is 5. The summed E-state index contributed by atoms with van der Waals surface area (Å²) in [7, 11) is 0. The fourth-order valence-electron chi connectivity index (χ4n) is 4.33. The van der Waals surface area contributed by atoms with E-state index in [4.69, 9.17) is 10.00 Å². The molecule has 0 aromatic heterocycles. The zero-order chi connectivity index (χ0) is 18.4. The molecule has 0 spiro atoms. The van der Waals surface area contributed by atoms with Gasteiger partial charge in [-0.2, -0.15) is 5.26 Å². The second-order valence-corrected chi connectivity index (χ2v) is 7.75. The second-order valence-electron chi connectivity index (χ2n) is 7.75. The monoisotopic (exact) mass is 359 g/mol. The Labute approximate surface area is 154 Å². The molecule has 0 bridgehead atoms. The van der Waals surface area contributed by atoms with E-state index in [0.29, 0.717) is 23.9 Å². The van der Waals surface area contributed by atoms with E-state index in [1.165, 1.54) is 12.1 Å². The van der Waals surface area contributed by atoms with Crippen LogP contribution in [0.15, 0.2) is 30.4 Å². The smallest absolute Gasteiger partial charge is 0.159 e. The van der Waals surface area contributed by atoms with Crippen molar-refractivity contribution in [1.82, 2.24) is 0 Å². The van der Waals surface area contributed by atoms with E-state index in [2.05, 4.69) is 6.07 Å². The first-order chi connectivity index (χ1) is 12.7. The first kappa shape index (κ1) is 19.0. The van der Waals surface area contributed by atoms with E-state index in [1.807, 2.05) is 6.08 Å². The molecule has 2 fully saturated rings. The van der Waals surface area contributed by atoms with Gasteiger partial charge in [0.05, 0.1) is 12.2 Å². The molecule has 1 aromatic rings. The maximum atomic E-state index is 13.4. The van der Waals surface area contributed by atoms with Gasteiger partial charge in [0.2, 0.25) is 0 Å². The van der Waals surface area contributed by atoms with Crippen LogP contribution in [0.3, 0.4) is 0 Å². The Morgan fingerprint density at radius 3 is 2.38 bits per heavy atom. The molecular formula is C22H27F2NO. The number of benzene rings is 1. The van der Waals surface area contributed by atoms with Crippen LogP contribution in [0.2, 0.25) is 0 Å². The number of allylic oxidation sites excluding steroid dienone is 2. The summed E-state index contributed by atoms with van der Waals surface area (Å²) in [5.41, 5.74) is 0.923. The Morgan fingerprint density at radius 2 is 1.73 bits per heavy atom. The highest BCUT2D eigenvalue weighted by atomic mass is 19.2. The molecule has 140 valence electrons. The first-order valence-corrected chi connectivity index (χ1v) is 9.78. The van der Waals surface area contributed by atoms with Gasteiger partial charge in [-0.05, 0) is 86.8 Å². The predicted octanol–water partition coefficient (Wildman–Crippen LogP) is 5.89. The second kappa shape index (κ2) is 9.28. The largest absolute Gasteiger partial charge is 0.378 e. The van der Waals surface area contributed by atoms with Gasteiger partial charge in [0.25, 0.3) is 0 Å². The van der Waals surface area contributed by atoms with Gasteiger partial charge in [0, 0.05) is 12.7 Å². The molecule has 1 aromatic carbocycles. The van der Waals surface area contributed by atoms with Crippen molar-refractivity contribution in [1.29, 1.82) is 5.26 Å². The van der Waals surface area contributed by atoms with E-state index in [-0.39, 0.29) is 0 Å².